The Morgan fingerprint density at radius 3 is 2.45 bits per heavy atom. The number of halogens is 1. The molecular formula is C22H23ClN2O4. The van der Waals surface area contributed by atoms with Crippen LogP contribution in [0.15, 0.2) is 48.5 Å². The lowest BCUT2D eigenvalue weighted by molar-refractivity contribution is -0.132. The average Bonchev–Trinajstić information content (AvgIpc) is 2.95. The fourth-order valence-electron chi connectivity index (χ4n) is 3.33. The van der Waals surface area contributed by atoms with Crippen LogP contribution in [0.1, 0.15) is 29.3 Å². The van der Waals surface area contributed by atoms with Gasteiger partial charge in [-0.3, -0.25) is 14.4 Å². The summed E-state index contributed by atoms with van der Waals surface area (Å²) in [5, 5.41) is 0.583. The van der Waals surface area contributed by atoms with E-state index in [0.29, 0.717) is 48.9 Å². The second kappa shape index (κ2) is 9.56. The van der Waals surface area contributed by atoms with Gasteiger partial charge in [0, 0.05) is 43.7 Å². The molecule has 2 aromatic rings. The molecule has 29 heavy (non-hydrogen) atoms. The smallest absolute Gasteiger partial charge is 0.308 e. The van der Waals surface area contributed by atoms with E-state index >= 15 is 0 Å². The third-order valence-corrected chi connectivity index (χ3v) is 5.15. The van der Waals surface area contributed by atoms with Gasteiger partial charge >= 0.3 is 5.97 Å². The van der Waals surface area contributed by atoms with Crippen molar-refractivity contribution in [2.75, 3.05) is 26.2 Å². The first-order valence-electron chi connectivity index (χ1n) is 9.53. The maximum Gasteiger partial charge on any atom is 0.308 e. The molecule has 1 aliphatic heterocycles. The predicted molar refractivity (Wildman–Crippen MR) is 110 cm³/mol. The highest BCUT2D eigenvalue weighted by molar-refractivity contribution is 6.31. The van der Waals surface area contributed by atoms with Gasteiger partial charge in [-0.25, -0.2) is 0 Å². The molecule has 3 rings (SSSR count). The van der Waals surface area contributed by atoms with Crippen molar-refractivity contribution in [3.05, 3.63) is 64.7 Å². The molecule has 0 N–H and O–H groups in total. The largest absolute Gasteiger partial charge is 0.427 e. The van der Waals surface area contributed by atoms with Gasteiger partial charge in [-0.05, 0) is 36.2 Å². The molecule has 1 heterocycles. The normalized spacial score (nSPS) is 14.3. The number of hydrogen-bond acceptors (Lipinski definition) is 4. The quantitative estimate of drug-likeness (QED) is 0.569. The van der Waals surface area contributed by atoms with E-state index in [4.69, 9.17) is 16.3 Å². The number of carbonyl (C=O) groups is 3. The van der Waals surface area contributed by atoms with Crippen LogP contribution in [0.2, 0.25) is 5.02 Å². The van der Waals surface area contributed by atoms with E-state index in [2.05, 4.69) is 0 Å². The van der Waals surface area contributed by atoms with Gasteiger partial charge in [0.2, 0.25) is 5.91 Å². The zero-order valence-corrected chi connectivity index (χ0v) is 17.0. The summed E-state index contributed by atoms with van der Waals surface area (Å²) >= 11 is 6.16. The van der Waals surface area contributed by atoms with Crippen molar-refractivity contribution in [1.29, 1.82) is 0 Å². The van der Waals surface area contributed by atoms with E-state index in [1.165, 1.54) is 6.92 Å². The topological polar surface area (TPSA) is 66.9 Å². The standard InChI is InChI=1S/C22H23ClN2O4/c1-16(26)29-19-8-4-7-18(14-19)22(28)25-11-5-10-24(12-13-25)21(27)15-17-6-2-3-9-20(17)23/h2-4,6-9,14H,5,10-13,15H2,1H3. The number of nitrogens with zero attached hydrogens (tertiary/aromatic N) is 2. The summed E-state index contributed by atoms with van der Waals surface area (Å²) in [5.74, 6) is -0.226. The summed E-state index contributed by atoms with van der Waals surface area (Å²) in [6.45, 7) is 3.40. The molecule has 0 aromatic heterocycles. The van der Waals surface area contributed by atoms with Gasteiger partial charge in [0.25, 0.3) is 5.91 Å². The Kier molecular flexibility index (Phi) is 6.88. The van der Waals surface area contributed by atoms with Crippen LogP contribution >= 0.6 is 11.6 Å². The molecule has 152 valence electrons. The predicted octanol–water partition coefficient (Wildman–Crippen LogP) is 3.18. The number of carbonyl (C=O) groups excluding carboxylic acids is 3. The van der Waals surface area contributed by atoms with Gasteiger partial charge in [-0.2, -0.15) is 0 Å². The van der Waals surface area contributed by atoms with Crippen molar-refractivity contribution >= 4 is 29.4 Å². The summed E-state index contributed by atoms with van der Waals surface area (Å²) in [4.78, 5) is 40.2. The summed E-state index contributed by atoms with van der Waals surface area (Å²) in [7, 11) is 0. The molecule has 0 bridgehead atoms. The lowest BCUT2D eigenvalue weighted by atomic mass is 10.1. The molecular weight excluding hydrogens is 392 g/mol. The highest BCUT2D eigenvalue weighted by Gasteiger charge is 2.23. The Morgan fingerprint density at radius 2 is 1.69 bits per heavy atom. The van der Waals surface area contributed by atoms with E-state index in [0.717, 1.165) is 5.56 Å². The molecule has 0 unspecified atom stereocenters. The first-order chi connectivity index (χ1) is 13.9. The molecule has 6 nitrogen and oxygen atoms in total. The molecule has 1 fully saturated rings. The molecule has 1 saturated heterocycles. The van der Waals surface area contributed by atoms with Crippen LogP contribution in [0.4, 0.5) is 0 Å². The van der Waals surface area contributed by atoms with Crippen LogP contribution in [-0.4, -0.2) is 53.8 Å². The highest BCUT2D eigenvalue weighted by atomic mass is 35.5. The number of rotatable bonds is 4. The molecule has 0 atom stereocenters. The third-order valence-electron chi connectivity index (χ3n) is 4.78. The average molecular weight is 415 g/mol. The van der Waals surface area contributed by atoms with E-state index in [1.54, 1.807) is 40.1 Å². The molecule has 7 heteroatoms. The SMILES string of the molecule is CC(=O)Oc1cccc(C(=O)N2CCCN(C(=O)Cc3ccccc3Cl)CC2)c1. The molecule has 2 aromatic carbocycles. The first-order valence-corrected chi connectivity index (χ1v) is 9.91. The summed E-state index contributed by atoms with van der Waals surface area (Å²) in [5.41, 5.74) is 1.26. The lowest BCUT2D eigenvalue weighted by Crippen LogP contribution is -2.38. The van der Waals surface area contributed by atoms with Gasteiger partial charge in [0.15, 0.2) is 0 Å². The fraction of sp³-hybridized carbons (Fsp3) is 0.318. The zero-order chi connectivity index (χ0) is 20.8. The third kappa shape index (κ3) is 5.57. The summed E-state index contributed by atoms with van der Waals surface area (Å²) in [6.07, 6.45) is 0.946. The monoisotopic (exact) mass is 414 g/mol. The van der Waals surface area contributed by atoms with Crippen LogP contribution in [0, 0.1) is 0 Å². The highest BCUT2D eigenvalue weighted by Crippen LogP contribution is 2.18. The molecule has 0 aliphatic carbocycles. The van der Waals surface area contributed by atoms with Crippen molar-refractivity contribution in [2.24, 2.45) is 0 Å². The second-order valence-corrected chi connectivity index (χ2v) is 7.32. The Labute approximate surface area is 175 Å². The fourth-order valence-corrected chi connectivity index (χ4v) is 3.53. The van der Waals surface area contributed by atoms with Crippen LogP contribution < -0.4 is 4.74 Å². The van der Waals surface area contributed by atoms with Crippen molar-refractivity contribution in [2.45, 2.75) is 19.8 Å². The number of amides is 2. The van der Waals surface area contributed by atoms with Crippen LogP contribution in [-0.2, 0) is 16.0 Å². The van der Waals surface area contributed by atoms with Crippen molar-refractivity contribution in [3.8, 4) is 5.75 Å². The number of ether oxygens (including phenoxy) is 1. The van der Waals surface area contributed by atoms with Gasteiger partial charge in [0.05, 0.1) is 6.42 Å². The summed E-state index contributed by atoms with van der Waals surface area (Å²) < 4.78 is 5.06. The molecule has 2 amide bonds. The van der Waals surface area contributed by atoms with Crippen molar-refractivity contribution in [3.63, 3.8) is 0 Å². The van der Waals surface area contributed by atoms with Gasteiger partial charge < -0.3 is 14.5 Å². The minimum absolute atomic E-state index is 0.00394. The number of benzene rings is 2. The molecule has 1 aliphatic rings. The number of esters is 1. The van der Waals surface area contributed by atoms with Gasteiger partial charge in [0.1, 0.15) is 5.75 Å². The lowest BCUT2D eigenvalue weighted by Gasteiger charge is -2.22. The Balaban J connectivity index is 1.62. The molecule has 0 radical (unpaired) electrons. The zero-order valence-electron chi connectivity index (χ0n) is 16.3. The minimum Gasteiger partial charge on any atom is -0.427 e. The molecule has 0 spiro atoms. The summed E-state index contributed by atoms with van der Waals surface area (Å²) in [6, 6.07) is 13.9. The Bertz CT molecular complexity index is 915. The van der Waals surface area contributed by atoms with Gasteiger partial charge in [-0.1, -0.05) is 35.9 Å². The minimum atomic E-state index is -0.433. The Morgan fingerprint density at radius 1 is 0.966 bits per heavy atom. The van der Waals surface area contributed by atoms with E-state index in [-0.39, 0.29) is 18.2 Å². The maximum absolute atomic E-state index is 12.9. The van der Waals surface area contributed by atoms with Crippen LogP contribution in [0.3, 0.4) is 0 Å². The Hall–Kier alpha value is -2.86. The van der Waals surface area contributed by atoms with Crippen LogP contribution in [0.5, 0.6) is 5.75 Å². The molecule has 0 saturated carbocycles. The second-order valence-electron chi connectivity index (χ2n) is 6.92. The van der Waals surface area contributed by atoms with E-state index < -0.39 is 5.97 Å². The van der Waals surface area contributed by atoms with Crippen molar-refractivity contribution in [1.82, 2.24) is 9.80 Å². The van der Waals surface area contributed by atoms with Crippen molar-refractivity contribution < 1.29 is 19.1 Å². The first kappa shape index (κ1) is 20.9. The van der Waals surface area contributed by atoms with Crippen LogP contribution in [0.25, 0.3) is 0 Å². The number of hydrogen-bond donors (Lipinski definition) is 0. The van der Waals surface area contributed by atoms with Gasteiger partial charge in [-0.15, -0.1) is 0 Å². The maximum atomic E-state index is 12.9. The van der Waals surface area contributed by atoms with E-state index in [9.17, 15) is 14.4 Å². The van der Waals surface area contributed by atoms with E-state index in [1.807, 2.05) is 18.2 Å².